The summed E-state index contributed by atoms with van der Waals surface area (Å²) in [5.74, 6) is -1.05. The first-order valence-corrected chi connectivity index (χ1v) is 6.21. The Bertz CT molecular complexity index is 468. The first-order valence-electron chi connectivity index (χ1n) is 6.21. The van der Waals surface area contributed by atoms with Crippen LogP contribution < -0.4 is 9.80 Å². The molecule has 0 spiro atoms. The predicted molar refractivity (Wildman–Crippen MR) is 68.9 cm³/mol. The molecule has 1 aliphatic heterocycles. The fourth-order valence-corrected chi connectivity index (χ4v) is 1.83. The van der Waals surface area contributed by atoms with Gasteiger partial charge in [-0.1, -0.05) is 0 Å². The standard InChI is InChI=1S/C11H17F3N6/c1-18(2)9-15-8(11(12,13)14)16-10(17-9)20-6-4-19(3)5-7-20/h4-7H2,1-3H3. The summed E-state index contributed by atoms with van der Waals surface area (Å²) in [7, 11) is 5.17. The Kier molecular flexibility index (Phi) is 3.98. The van der Waals surface area contributed by atoms with Crippen LogP contribution in [0.5, 0.6) is 0 Å². The first-order chi connectivity index (χ1) is 9.27. The highest BCUT2D eigenvalue weighted by atomic mass is 19.4. The zero-order valence-corrected chi connectivity index (χ0v) is 11.6. The van der Waals surface area contributed by atoms with E-state index in [0.29, 0.717) is 13.1 Å². The molecule has 20 heavy (non-hydrogen) atoms. The second-order valence-corrected chi connectivity index (χ2v) is 4.94. The molecule has 1 fully saturated rings. The summed E-state index contributed by atoms with van der Waals surface area (Å²) < 4.78 is 38.5. The highest BCUT2D eigenvalue weighted by Gasteiger charge is 2.36. The maximum Gasteiger partial charge on any atom is 0.451 e. The van der Waals surface area contributed by atoms with Gasteiger partial charge in [-0.15, -0.1) is 0 Å². The number of hydrogen-bond acceptors (Lipinski definition) is 6. The number of anilines is 2. The zero-order valence-electron chi connectivity index (χ0n) is 11.6. The van der Waals surface area contributed by atoms with Gasteiger partial charge in [0.2, 0.25) is 17.7 Å². The van der Waals surface area contributed by atoms with E-state index in [1.807, 2.05) is 7.05 Å². The van der Waals surface area contributed by atoms with Gasteiger partial charge >= 0.3 is 6.18 Å². The minimum atomic E-state index is -4.57. The number of likely N-dealkylation sites (N-methyl/N-ethyl adjacent to an activating group) is 1. The summed E-state index contributed by atoms with van der Waals surface area (Å²) in [6, 6.07) is 0. The van der Waals surface area contributed by atoms with Gasteiger partial charge in [0.1, 0.15) is 0 Å². The number of halogens is 3. The number of nitrogens with zero attached hydrogens (tertiary/aromatic N) is 6. The quantitative estimate of drug-likeness (QED) is 0.799. The van der Waals surface area contributed by atoms with Crippen molar-refractivity contribution in [1.29, 1.82) is 0 Å². The van der Waals surface area contributed by atoms with Crippen LogP contribution in [0.3, 0.4) is 0 Å². The van der Waals surface area contributed by atoms with Gasteiger partial charge in [0.25, 0.3) is 0 Å². The van der Waals surface area contributed by atoms with Gasteiger partial charge < -0.3 is 14.7 Å². The third-order valence-electron chi connectivity index (χ3n) is 3.05. The number of hydrogen-bond donors (Lipinski definition) is 0. The van der Waals surface area contributed by atoms with Crippen molar-refractivity contribution >= 4 is 11.9 Å². The van der Waals surface area contributed by atoms with E-state index in [9.17, 15) is 13.2 Å². The predicted octanol–water partition coefficient (Wildman–Crippen LogP) is 0.708. The fourth-order valence-electron chi connectivity index (χ4n) is 1.83. The third kappa shape index (κ3) is 3.27. The summed E-state index contributed by atoms with van der Waals surface area (Å²) in [5, 5.41) is 0. The highest BCUT2D eigenvalue weighted by molar-refractivity contribution is 5.39. The lowest BCUT2D eigenvalue weighted by Gasteiger charge is -2.32. The van der Waals surface area contributed by atoms with Crippen molar-refractivity contribution in [3.63, 3.8) is 0 Å². The molecule has 9 heteroatoms. The molecule has 0 N–H and O–H groups in total. The molecular weight excluding hydrogens is 273 g/mol. The Morgan fingerprint density at radius 3 is 2.10 bits per heavy atom. The summed E-state index contributed by atoms with van der Waals surface area (Å²) in [5.41, 5.74) is 0. The van der Waals surface area contributed by atoms with Crippen LogP contribution in [0.1, 0.15) is 5.82 Å². The van der Waals surface area contributed by atoms with E-state index in [4.69, 9.17) is 0 Å². The van der Waals surface area contributed by atoms with Gasteiger partial charge in [-0.2, -0.15) is 28.1 Å². The minimum Gasteiger partial charge on any atom is -0.347 e. The second-order valence-electron chi connectivity index (χ2n) is 4.94. The highest BCUT2D eigenvalue weighted by Crippen LogP contribution is 2.28. The Morgan fingerprint density at radius 1 is 1.00 bits per heavy atom. The average Bonchev–Trinajstić information content (AvgIpc) is 2.38. The third-order valence-corrected chi connectivity index (χ3v) is 3.05. The zero-order chi connectivity index (χ0) is 14.9. The van der Waals surface area contributed by atoms with E-state index in [-0.39, 0.29) is 11.9 Å². The van der Waals surface area contributed by atoms with Gasteiger partial charge in [-0.05, 0) is 7.05 Å². The van der Waals surface area contributed by atoms with E-state index in [1.54, 1.807) is 19.0 Å². The molecule has 1 aromatic rings. The number of piperazine rings is 1. The molecule has 2 rings (SSSR count). The maximum atomic E-state index is 12.8. The lowest BCUT2D eigenvalue weighted by Crippen LogP contribution is -2.45. The smallest absolute Gasteiger partial charge is 0.347 e. The Hall–Kier alpha value is -1.64. The molecule has 1 aliphatic rings. The monoisotopic (exact) mass is 290 g/mol. The summed E-state index contributed by atoms with van der Waals surface area (Å²) in [4.78, 5) is 16.4. The summed E-state index contributed by atoms with van der Waals surface area (Å²) in [6.45, 7) is 2.74. The van der Waals surface area contributed by atoms with Crippen LogP contribution in [0, 0.1) is 0 Å². The van der Waals surface area contributed by atoms with Crippen molar-refractivity contribution in [1.82, 2.24) is 19.9 Å². The second kappa shape index (κ2) is 5.39. The molecule has 1 saturated heterocycles. The Balaban J connectivity index is 2.34. The molecule has 0 atom stereocenters. The largest absolute Gasteiger partial charge is 0.451 e. The van der Waals surface area contributed by atoms with E-state index < -0.39 is 12.0 Å². The van der Waals surface area contributed by atoms with Crippen LogP contribution in [0.15, 0.2) is 0 Å². The average molecular weight is 290 g/mol. The van der Waals surface area contributed by atoms with Crippen LogP contribution in [-0.4, -0.2) is 67.2 Å². The van der Waals surface area contributed by atoms with E-state index in [2.05, 4.69) is 19.9 Å². The Labute approximate surface area is 115 Å². The molecule has 0 unspecified atom stereocenters. The molecule has 2 heterocycles. The van der Waals surface area contributed by atoms with Crippen LogP contribution in [0.2, 0.25) is 0 Å². The maximum absolute atomic E-state index is 12.8. The van der Waals surface area contributed by atoms with Crippen LogP contribution in [0.4, 0.5) is 25.1 Å². The molecule has 0 radical (unpaired) electrons. The van der Waals surface area contributed by atoms with Crippen molar-refractivity contribution < 1.29 is 13.2 Å². The Morgan fingerprint density at radius 2 is 1.60 bits per heavy atom. The lowest BCUT2D eigenvalue weighted by atomic mass is 10.3. The van der Waals surface area contributed by atoms with Crippen molar-refractivity contribution in [2.45, 2.75) is 6.18 Å². The number of rotatable bonds is 2. The van der Waals surface area contributed by atoms with Crippen LogP contribution in [0.25, 0.3) is 0 Å². The topological polar surface area (TPSA) is 48.4 Å². The molecule has 6 nitrogen and oxygen atoms in total. The van der Waals surface area contributed by atoms with Gasteiger partial charge in [-0.25, -0.2) is 0 Å². The molecule has 0 aromatic carbocycles. The molecule has 0 saturated carbocycles. The normalized spacial score (nSPS) is 17.4. The molecular formula is C11H17F3N6. The molecule has 0 amide bonds. The minimum absolute atomic E-state index is 0.0150. The van der Waals surface area contributed by atoms with E-state index >= 15 is 0 Å². The summed E-state index contributed by atoms with van der Waals surface area (Å²) in [6.07, 6.45) is -4.57. The van der Waals surface area contributed by atoms with Gasteiger partial charge in [0.05, 0.1) is 0 Å². The van der Waals surface area contributed by atoms with Gasteiger partial charge in [-0.3, -0.25) is 0 Å². The van der Waals surface area contributed by atoms with Gasteiger partial charge in [0.15, 0.2) is 0 Å². The number of aromatic nitrogens is 3. The fraction of sp³-hybridized carbons (Fsp3) is 0.727. The van der Waals surface area contributed by atoms with Crippen LogP contribution >= 0.6 is 0 Å². The lowest BCUT2D eigenvalue weighted by molar-refractivity contribution is -0.144. The molecule has 0 bridgehead atoms. The van der Waals surface area contributed by atoms with E-state index in [0.717, 1.165) is 13.1 Å². The van der Waals surface area contributed by atoms with Crippen molar-refractivity contribution in [3.05, 3.63) is 5.82 Å². The molecule has 0 aliphatic carbocycles. The SMILES string of the molecule is CN1CCN(c2nc(N(C)C)nc(C(F)(F)F)n2)CC1. The van der Waals surface area contributed by atoms with Gasteiger partial charge in [0, 0.05) is 40.3 Å². The van der Waals surface area contributed by atoms with Crippen molar-refractivity contribution in [3.8, 4) is 0 Å². The van der Waals surface area contributed by atoms with Crippen LogP contribution in [-0.2, 0) is 6.18 Å². The van der Waals surface area contributed by atoms with Crippen molar-refractivity contribution in [2.75, 3.05) is 57.1 Å². The van der Waals surface area contributed by atoms with Crippen molar-refractivity contribution in [2.24, 2.45) is 0 Å². The molecule has 112 valence electrons. The number of alkyl halides is 3. The summed E-state index contributed by atoms with van der Waals surface area (Å²) >= 11 is 0. The van der Waals surface area contributed by atoms with E-state index in [1.165, 1.54) is 4.90 Å². The first kappa shape index (κ1) is 14.8. The molecule has 1 aromatic heterocycles.